The normalized spacial score (nSPS) is 32.1. The minimum atomic E-state index is -1.54. The van der Waals surface area contributed by atoms with Crippen molar-refractivity contribution >= 4 is 17.9 Å². The largest absolute Gasteiger partial charge is 0.481 e. The molecule has 1 aliphatic rings. The smallest absolute Gasteiger partial charge is 0.311 e. The van der Waals surface area contributed by atoms with Gasteiger partial charge in [0.25, 0.3) is 0 Å². The van der Waals surface area contributed by atoms with E-state index in [-0.39, 0.29) is 12.8 Å². The zero-order valence-corrected chi connectivity index (χ0v) is 9.29. The van der Waals surface area contributed by atoms with Crippen molar-refractivity contribution in [3.8, 4) is 0 Å². The van der Waals surface area contributed by atoms with E-state index in [9.17, 15) is 19.5 Å². The van der Waals surface area contributed by atoms with Crippen LogP contribution in [0.4, 0.5) is 0 Å². The van der Waals surface area contributed by atoms with E-state index in [1.54, 1.807) is 6.92 Å². The molecule has 94 valence electrons. The summed E-state index contributed by atoms with van der Waals surface area (Å²) in [6, 6.07) is 0. The van der Waals surface area contributed by atoms with Gasteiger partial charge in [-0.1, -0.05) is 19.1 Å². The van der Waals surface area contributed by atoms with Gasteiger partial charge < -0.3 is 15.3 Å². The Balaban J connectivity index is 3.31. The van der Waals surface area contributed by atoms with E-state index in [0.717, 1.165) is 0 Å². The average Bonchev–Trinajstić information content (AvgIpc) is 2.27. The maximum atomic E-state index is 11.3. The third kappa shape index (κ3) is 2.02. The number of hydrogen-bond donors (Lipinski definition) is 3. The second-order valence-electron chi connectivity index (χ2n) is 4.13. The van der Waals surface area contributed by atoms with Crippen molar-refractivity contribution in [1.29, 1.82) is 0 Å². The second kappa shape index (κ2) is 4.57. The van der Waals surface area contributed by atoms with E-state index >= 15 is 0 Å². The van der Waals surface area contributed by atoms with Gasteiger partial charge in [0.15, 0.2) is 0 Å². The van der Waals surface area contributed by atoms with Crippen molar-refractivity contribution in [3.63, 3.8) is 0 Å². The molecule has 6 nitrogen and oxygen atoms in total. The van der Waals surface area contributed by atoms with Gasteiger partial charge in [0.05, 0.1) is 17.3 Å². The third-order valence-corrected chi connectivity index (χ3v) is 3.39. The van der Waals surface area contributed by atoms with Crippen LogP contribution in [0.1, 0.15) is 19.8 Å². The minimum absolute atomic E-state index is 0.0413. The van der Waals surface area contributed by atoms with Gasteiger partial charge in [-0.2, -0.15) is 0 Å². The number of hydrogen-bond acceptors (Lipinski definition) is 3. The Morgan fingerprint density at radius 2 is 1.82 bits per heavy atom. The van der Waals surface area contributed by atoms with E-state index in [1.807, 2.05) is 0 Å². The lowest BCUT2D eigenvalue weighted by molar-refractivity contribution is -0.169. The van der Waals surface area contributed by atoms with Crippen LogP contribution in [0.2, 0.25) is 0 Å². The molecule has 3 atom stereocenters. The monoisotopic (exact) mass is 242 g/mol. The summed E-state index contributed by atoms with van der Waals surface area (Å²) >= 11 is 0. The first-order valence-electron chi connectivity index (χ1n) is 5.22. The van der Waals surface area contributed by atoms with Crippen LogP contribution in [0.3, 0.4) is 0 Å². The van der Waals surface area contributed by atoms with Crippen LogP contribution in [0, 0.1) is 17.3 Å². The van der Waals surface area contributed by atoms with Crippen molar-refractivity contribution in [2.45, 2.75) is 19.8 Å². The highest BCUT2D eigenvalue weighted by molar-refractivity contribution is 5.89. The fourth-order valence-corrected chi connectivity index (χ4v) is 2.36. The molecule has 3 unspecified atom stereocenters. The van der Waals surface area contributed by atoms with Gasteiger partial charge in [0.1, 0.15) is 0 Å². The second-order valence-corrected chi connectivity index (χ2v) is 4.13. The zero-order valence-electron chi connectivity index (χ0n) is 9.29. The summed E-state index contributed by atoms with van der Waals surface area (Å²) in [5.74, 6) is -6.69. The van der Waals surface area contributed by atoms with E-state index in [4.69, 9.17) is 10.2 Å². The molecule has 1 aliphatic carbocycles. The van der Waals surface area contributed by atoms with Crippen molar-refractivity contribution in [3.05, 3.63) is 12.2 Å². The van der Waals surface area contributed by atoms with E-state index in [2.05, 4.69) is 0 Å². The quantitative estimate of drug-likeness (QED) is 0.629. The van der Waals surface area contributed by atoms with Crippen LogP contribution in [0.5, 0.6) is 0 Å². The number of allylic oxidation sites excluding steroid dienone is 1. The van der Waals surface area contributed by atoms with Crippen molar-refractivity contribution < 1.29 is 29.7 Å². The predicted octanol–water partition coefficient (Wildman–Crippen LogP) is 0.829. The molecular weight excluding hydrogens is 228 g/mol. The summed E-state index contributed by atoms with van der Waals surface area (Å²) < 4.78 is 0. The van der Waals surface area contributed by atoms with Crippen LogP contribution in [0.25, 0.3) is 0 Å². The lowest BCUT2D eigenvalue weighted by atomic mass is 9.63. The van der Waals surface area contributed by atoms with Crippen LogP contribution in [0.15, 0.2) is 12.2 Å². The van der Waals surface area contributed by atoms with Crippen molar-refractivity contribution in [2.75, 3.05) is 0 Å². The maximum absolute atomic E-state index is 11.3. The summed E-state index contributed by atoms with van der Waals surface area (Å²) in [6.07, 6.45) is 2.82. The number of aliphatic carboxylic acids is 3. The van der Waals surface area contributed by atoms with E-state index in [1.165, 1.54) is 12.2 Å². The number of rotatable bonds is 4. The molecule has 0 aromatic carbocycles. The first kappa shape index (κ1) is 13.2. The number of carbonyl (C=O) groups is 3. The molecule has 1 rings (SSSR count). The lowest BCUT2D eigenvalue weighted by Gasteiger charge is -2.38. The minimum Gasteiger partial charge on any atom is -0.481 e. The number of carboxylic acids is 3. The Bertz CT molecular complexity index is 385. The molecular formula is C11H14O6. The molecule has 0 spiro atoms. The molecule has 0 radical (unpaired) electrons. The van der Waals surface area contributed by atoms with E-state index in [0.29, 0.717) is 0 Å². The van der Waals surface area contributed by atoms with Gasteiger partial charge in [-0.25, -0.2) is 0 Å². The molecule has 17 heavy (non-hydrogen) atoms. The molecule has 0 aromatic rings. The molecule has 0 saturated heterocycles. The maximum Gasteiger partial charge on any atom is 0.311 e. The van der Waals surface area contributed by atoms with Gasteiger partial charge in [0, 0.05) is 0 Å². The molecule has 0 heterocycles. The molecule has 3 N–H and O–H groups in total. The Morgan fingerprint density at radius 3 is 2.18 bits per heavy atom. The van der Waals surface area contributed by atoms with Gasteiger partial charge in [-0.05, 0) is 12.8 Å². The molecule has 0 amide bonds. The Labute approximate surface area is 97.6 Å². The van der Waals surface area contributed by atoms with Crippen LogP contribution < -0.4 is 0 Å². The van der Waals surface area contributed by atoms with E-state index < -0.39 is 35.2 Å². The first-order valence-corrected chi connectivity index (χ1v) is 5.22. The topological polar surface area (TPSA) is 112 Å². The zero-order chi connectivity index (χ0) is 13.2. The van der Waals surface area contributed by atoms with Crippen molar-refractivity contribution in [1.82, 2.24) is 0 Å². The lowest BCUT2D eigenvalue weighted by Crippen LogP contribution is -2.49. The summed E-state index contributed by atoms with van der Waals surface area (Å²) in [4.78, 5) is 33.5. The molecule has 0 aliphatic heterocycles. The van der Waals surface area contributed by atoms with Gasteiger partial charge >= 0.3 is 17.9 Å². The van der Waals surface area contributed by atoms with Gasteiger partial charge in [-0.3, -0.25) is 14.4 Å². The Morgan fingerprint density at radius 1 is 1.24 bits per heavy atom. The highest BCUT2D eigenvalue weighted by Gasteiger charge is 2.54. The van der Waals surface area contributed by atoms with Crippen LogP contribution in [-0.2, 0) is 14.4 Å². The Hall–Kier alpha value is -1.85. The molecule has 0 fully saturated rings. The fourth-order valence-electron chi connectivity index (χ4n) is 2.36. The highest BCUT2D eigenvalue weighted by Crippen LogP contribution is 2.44. The third-order valence-electron chi connectivity index (χ3n) is 3.39. The summed E-state index contributed by atoms with van der Waals surface area (Å²) in [5.41, 5.74) is -1.54. The molecule has 0 bridgehead atoms. The molecule has 0 aromatic heterocycles. The average molecular weight is 242 g/mol. The van der Waals surface area contributed by atoms with Crippen molar-refractivity contribution in [2.24, 2.45) is 17.3 Å². The number of carboxylic acid groups (broad SMARTS) is 3. The molecule has 0 saturated carbocycles. The standard InChI is InChI=1S/C11H14O6/c1-2-11(10(16)17)5-3-4-6(8(12)13)7(11)9(14)15/h3-4,6-7H,2,5H2,1H3,(H,12,13)(H,14,15)(H,16,17). The first-order chi connectivity index (χ1) is 7.86. The molecule has 6 heteroatoms. The summed E-state index contributed by atoms with van der Waals surface area (Å²) in [6.45, 7) is 1.56. The predicted molar refractivity (Wildman–Crippen MR) is 56.4 cm³/mol. The Kier molecular flexibility index (Phi) is 3.55. The SMILES string of the molecule is CCC1(C(=O)O)CC=CC(C(=O)O)C1C(=O)O. The van der Waals surface area contributed by atoms with Gasteiger partial charge in [0.2, 0.25) is 0 Å². The summed E-state index contributed by atoms with van der Waals surface area (Å²) in [5, 5.41) is 27.3. The fraction of sp³-hybridized carbons (Fsp3) is 0.545. The highest BCUT2D eigenvalue weighted by atomic mass is 16.4. The van der Waals surface area contributed by atoms with Gasteiger partial charge in [-0.15, -0.1) is 0 Å². The van der Waals surface area contributed by atoms with Crippen LogP contribution >= 0.6 is 0 Å². The van der Waals surface area contributed by atoms with Crippen LogP contribution in [-0.4, -0.2) is 33.2 Å². The summed E-state index contributed by atoms with van der Waals surface area (Å²) in [7, 11) is 0.